The topological polar surface area (TPSA) is 99.8 Å². The van der Waals surface area contributed by atoms with Gasteiger partial charge in [-0.05, 0) is 73.2 Å². The number of halogens is 2. The van der Waals surface area contributed by atoms with E-state index in [1.165, 1.54) is 53.2 Å². The number of carbonyl (C=O) groups is 1. The van der Waals surface area contributed by atoms with Crippen molar-refractivity contribution in [3.05, 3.63) is 131 Å². The molecule has 0 aliphatic rings. The van der Waals surface area contributed by atoms with E-state index >= 15 is 4.39 Å². The van der Waals surface area contributed by atoms with Gasteiger partial charge in [-0.15, -0.1) is 0 Å². The second-order valence-corrected chi connectivity index (χ2v) is 9.29. The number of anilines is 1. The predicted octanol–water partition coefficient (Wildman–Crippen LogP) is 6.27. The number of hydrogen-bond acceptors (Lipinski definition) is 6. The van der Waals surface area contributed by atoms with Crippen LogP contribution in [-0.4, -0.2) is 31.7 Å². The van der Waals surface area contributed by atoms with Gasteiger partial charge in [0.25, 0.3) is 11.5 Å². The van der Waals surface area contributed by atoms with Crippen molar-refractivity contribution in [2.75, 3.05) is 11.9 Å². The Morgan fingerprint density at radius 3 is 2.42 bits per heavy atom. The van der Waals surface area contributed by atoms with Crippen molar-refractivity contribution in [3.8, 4) is 34.1 Å². The summed E-state index contributed by atoms with van der Waals surface area (Å²) in [6.07, 6.45) is 8.10. The van der Waals surface area contributed by atoms with Gasteiger partial charge in [-0.25, -0.2) is 13.3 Å². The Hall–Kier alpha value is -5.84. The fraction of sp³-hybridized carbons (Fsp3) is 0.0625. The van der Waals surface area contributed by atoms with Crippen LogP contribution in [0, 0.1) is 11.6 Å². The lowest BCUT2D eigenvalue weighted by Gasteiger charge is -2.14. The molecule has 0 unspecified atom stereocenters. The molecule has 0 saturated carbocycles. The number of nitrogens with zero attached hydrogens (tertiary/aromatic N) is 4. The number of nitrogens with one attached hydrogen (secondary N) is 1. The highest BCUT2D eigenvalue weighted by molar-refractivity contribution is 6.06. The maximum Gasteiger partial charge on any atom is 0.271 e. The summed E-state index contributed by atoms with van der Waals surface area (Å²) in [5.74, 6) is -1.67. The van der Waals surface area contributed by atoms with E-state index in [4.69, 9.17) is 9.47 Å². The van der Waals surface area contributed by atoms with Crippen LogP contribution < -0.4 is 20.3 Å². The molecule has 0 bridgehead atoms. The van der Waals surface area contributed by atoms with Gasteiger partial charge in [-0.1, -0.05) is 0 Å². The molecule has 1 amide bonds. The number of carbonyl (C=O) groups excluding carboxylic acids is 1. The largest absolute Gasteiger partial charge is 0.493 e. The number of amides is 1. The molecule has 4 heterocycles. The molecule has 0 aliphatic carbocycles. The first kappa shape index (κ1) is 27.3. The minimum atomic E-state index is -0.802. The van der Waals surface area contributed by atoms with Crippen LogP contribution in [-0.2, 0) is 0 Å². The summed E-state index contributed by atoms with van der Waals surface area (Å²) in [4.78, 5) is 30.7. The van der Waals surface area contributed by atoms with Crippen molar-refractivity contribution in [2.45, 2.75) is 6.92 Å². The second-order valence-electron chi connectivity index (χ2n) is 9.29. The summed E-state index contributed by atoms with van der Waals surface area (Å²) in [6, 6.07) is 17.8. The van der Waals surface area contributed by atoms with Crippen molar-refractivity contribution in [1.29, 1.82) is 0 Å². The zero-order valence-electron chi connectivity index (χ0n) is 22.7. The van der Waals surface area contributed by atoms with E-state index < -0.39 is 23.1 Å². The molecular formula is C32H23F2N5O4. The minimum Gasteiger partial charge on any atom is -0.493 e. The average molecular weight is 580 g/mol. The zero-order chi connectivity index (χ0) is 29.9. The van der Waals surface area contributed by atoms with E-state index in [0.717, 1.165) is 17.2 Å². The van der Waals surface area contributed by atoms with Crippen molar-refractivity contribution in [3.63, 3.8) is 0 Å². The van der Waals surface area contributed by atoms with E-state index in [9.17, 15) is 14.0 Å². The van der Waals surface area contributed by atoms with E-state index in [0.29, 0.717) is 17.0 Å². The number of benzene rings is 2. The van der Waals surface area contributed by atoms with Crippen LogP contribution in [0.15, 0.2) is 109 Å². The first-order valence-electron chi connectivity index (χ1n) is 13.2. The van der Waals surface area contributed by atoms with Crippen LogP contribution >= 0.6 is 0 Å². The molecule has 43 heavy (non-hydrogen) atoms. The third kappa shape index (κ3) is 5.43. The smallest absolute Gasteiger partial charge is 0.271 e. The van der Waals surface area contributed by atoms with Gasteiger partial charge in [0.1, 0.15) is 22.6 Å². The fourth-order valence-electron chi connectivity index (χ4n) is 4.64. The summed E-state index contributed by atoms with van der Waals surface area (Å²) < 4.78 is 43.1. The molecule has 0 fully saturated rings. The van der Waals surface area contributed by atoms with Gasteiger partial charge in [0, 0.05) is 53.9 Å². The molecule has 11 heteroatoms. The van der Waals surface area contributed by atoms with E-state index in [1.807, 2.05) is 18.2 Å². The Kier molecular flexibility index (Phi) is 7.35. The predicted molar refractivity (Wildman–Crippen MR) is 156 cm³/mol. The molecule has 2 aromatic carbocycles. The van der Waals surface area contributed by atoms with Gasteiger partial charge in [-0.3, -0.25) is 19.1 Å². The summed E-state index contributed by atoms with van der Waals surface area (Å²) >= 11 is 0. The fourth-order valence-corrected chi connectivity index (χ4v) is 4.64. The Labute approximate surface area is 243 Å². The number of ether oxygens (including phenoxy) is 2. The van der Waals surface area contributed by atoms with Gasteiger partial charge in [0.2, 0.25) is 0 Å². The van der Waals surface area contributed by atoms with Crippen LogP contribution in [0.2, 0.25) is 0 Å². The zero-order valence-corrected chi connectivity index (χ0v) is 22.7. The van der Waals surface area contributed by atoms with Gasteiger partial charge < -0.3 is 14.8 Å². The van der Waals surface area contributed by atoms with Crippen molar-refractivity contribution < 1.29 is 23.0 Å². The number of hydrogen-bond donors (Lipinski definition) is 1. The molecule has 0 spiro atoms. The van der Waals surface area contributed by atoms with Crippen LogP contribution in [0.25, 0.3) is 22.3 Å². The van der Waals surface area contributed by atoms with Crippen molar-refractivity contribution >= 4 is 17.1 Å². The molecule has 0 radical (unpaired) electrons. The lowest BCUT2D eigenvalue weighted by molar-refractivity contribution is 0.102. The molecule has 0 saturated heterocycles. The molecular weight excluding hydrogens is 556 g/mol. The van der Waals surface area contributed by atoms with E-state index in [2.05, 4.69) is 15.4 Å². The number of fused-ring (bicyclic) bond motifs is 1. The van der Waals surface area contributed by atoms with Crippen molar-refractivity contribution in [1.82, 2.24) is 19.2 Å². The lowest BCUT2D eigenvalue weighted by atomic mass is 10.1. The molecule has 4 aromatic heterocycles. The van der Waals surface area contributed by atoms with Gasteiger partial charge in [-0.2, -0.15) is 5.10 Å². The van der Waals surface area contributed by atoms with Crippen LogP contribution in [0.5, 0.6) is 17.2 Å². The number of aromatic nitrogens is 4. The number of pyridine rings is 2. The Bertz CT molecular complexity index is 2010. The molecule has 6 aromatic rings. The van der Waals surface area contributed by atoms with Gasteiger partial charge in [0.05, 0.1) is 12.8 Å². The Morgan fingerprint density at radius 2 is 1.67 bits per heavy atom. The monoisotopic (exact) mass is 579 g/mol. The highest BCUT2D eigenvalue weighted by Crippen LogP contribution is 2.35. The Morgan fingerprint density at radius 1 is 0.884 bits per heavy atom. The first-order valence-corrected chi connectivity index (χ1v) is 13.2. The minimum absolute atomic E-state index is 0.0580. The van der Waals surface area contributed by atoms with Crippen LogP contribution in [0.4, 0.5) is 14.5 Å². The first-order chi connectivity index (χ1) is 20.9. The molecule has 1 N–H and O–H groups in total. The third-order valence-electron chi connectivity index (χ3n) is 6.60. The molecule has 0 atom stereocenters. The highest BCUT2D eigenvalue weighted by atomic mass is 19.1. The summed E-state index contributed by atoms with van der Waals surface area (Å²) in [5.41, 5.74) is 1.83. The molecule has 214 valence electrons. The summed E-state index contributed by atoms with van der Waals surface area (Å²) in [7, 11) is 0. The average Bonchev–Trinajstić information content (AvgIpc) is 3.45. The van der Waals surface area contributed by atoms with Gasteiger partial charge in [0.15, 0.2) is 17.3 Å². The lowest BCUT2D eigenvalue weighted by Crippen LogP contribution is -2.29. The molecule has 9 nitrogen and oxygen atoms in total. The van der Waals surface area contributed by atoms with Crippen molar-refractivity contribution in [2.24, 2.45) is 0 Å². The second kappa shape index (κ2) is 11.6. The quantitative estimate of drug-likeness (QED) is 0.228. The summed E-state index contributed by atoms with van der Waals surface area (Å²) in [5, 5.41) is 6.88. The third-order valence-corrected chi connectivity index (χ3v) is 6.60. The van der Waals surface area contributed by atoms with E-state index in [1.54, 1.807) is 42.3 Å². The maximum absolute atomic E-state index is 15.3. The molecule has 0 aliphatic heterocycles. The highest BCUT2D eigenvalue weighted by Gasteiger charge is 2.21. The SMILES string of the molecule is CCOc1ccn(-c2ccc(F)cc2)c(=O)c1C(=O)Nc1ccc(Oc2ccnn3ccc(-c4ccncc4)c23)c(F)c1. The van der Waals surface area contributed by atoms with Crippen LogP contribution in [0.1, 0.15) is 17.3 Å². The Balaban J connectivity index is 1.29. The van der Waals surface area contributed by atoms with E-state index in [-0.39, 0.29) is 29.4 Å². The standard InChI is InChI=1S/C32H23F2N5O4/c1-2-42-27-13-17-38(23-6-3-21(33)4-7-23)32(41)29(27)31(40)37-22-5-8-26(25(34)19-22)43-28-11-16-36-39-18-12-24(30(28)39)20-9-14-35-15-10-20/h3-19H,2H2,1H3,(H,37,40). The molecule has 6 rings (SSSR count). The normalized spacial score (nSPS) is 11.0. The van der Waals surface area contributed by atoms with Crippen LogP contribution in [0.3, 0.4) is 0 Å². The van der Waals surface area contributed by atoms with Gasteiger partial charge >= 0.3 is 0 Å². The number of rotatable bonds is 8. The maximum atomic E-state index is 15.3. The summed E-state index contributed by atoms with van der Waals surface area (Å²) in [6.45, 7) is 1.92.